The summed E-state index contributed by atoms with van der Waals surface area (Å²) in [6.45, 7) is 5.75. The number of rotatable bonds is 5. The Morgan fingerprint density at radius 1 is 1.22 bits per heavy atom. The highest BCUT2D eigenvalue weighted by atomic mass is 16.4. The van der Waals surface area contributed by atoms with E-state index in [1.54, 1.807) is 28.8 Å². The number of carbonyl (C=O) groups excluding carboxylic acids is 2. The topological polar surface area (TPSA) is 104 Å². The number of imidazole rings is 1. The highest BCUT2D eigenvalue weighted by Gasteiger charge is 2.53. The van der Waals surface area contributed by atoms with Gasteiger partial charge in [-0.1, -0.05) is 19.9 Å². The molecule has 1 saturated heterocycles. The van der Waals surface area contributed by atoms with Crippen molar-refractivity contribution in [1.82, 2.24) is 19.6 Å². The molecule has 6 rings (SSSR count). The highest BCUT2D eigenvalue weighted by Crippen LogP contribution is 2.61. The molecule has 0 unspecified atom stereocenters. The first-order valence-electron chi connectivity index (χ1n) is 11.6. The first-order chi connectivity index (χ1) is 15.3. The number of likely N-dealkylation sites (tertiary alicyclic amines) is 1. The van der Waals surface area contributed by atoms with Crippen LogP contribution in [0.1, 0.15) is 66.9 Å². The summed E-state index contributed by atoms with van der Waals surface area (Å²) in [5.74, 6) is 0.401. The van der Waals surface area contributed by atoms with Crippen LogP contribution in [-0.4, -0.2) is 56.3 Å². The van der Waals surface area contributed by atoms with Gasteiger partial charge in [0.1, 0.15) is 23.1 Å². The molecule has 2 aromatic heterocycles. The molecule has 32 heavy (non-hydrogen) atoms. The molecule has 8 heteroatoms. The van der Waals surface area contributed by atoms with E-state index in [9.17, 15) is 19.5 Å². The van der Waals surface area contributed by atoms with Crippen LogP contribution in [0.4, 0.5) is 0 Å². The second-order valence-electron chi connectivity index (χ2n) is 10.2. The number of carboxylic acids is 1. The summed E-state index contributed by atoms with van der Waals surface area (Å²) in [5.41, 5.74) is 1.45. The fraction of sp³-hybridized carbons (Fsp3) is 0.583. The SMILES string of the molecule is CC1(C)[C@H]2CC[C@@H](CNC(=O)c3cccc4nc(C(=O)N5CCC[C@H]5C(=O)O)cn34)[C@@H]1C2. The Balaban J connectivity index is 1.32. The number of amides is 2. The van der Waals surface area contributed by atoms with Crippen LogP contribution in [0, 0.1) is 23.2 Å². The number of fused-ring (bicyclic) bond motifs is 3. The van der Waals surface area contributed by atoms with Gasteiger partial charge in [0.2, 0.25) is 0 Å². The number of aliphatic carboxylic acids is 1. The Morgan fingerprint density at radius 3 is 2.75 bits per heavy atom. The summed E-state index contributed by atoms with van der Waals surface area (Å²) in [7, 11) is 0. The van der Waals surface area contributed by atoms with E-state index in [2.05, 4.69) is 24.1 Å². The molecule has 3 heterocycles. The molecule has 0 aromatic carbocycles. The molecule has 1 aliphatic heterocycles. The van der Waals surface area contributed by atoms with Gasteiger partial charge in [-0.15, -0.1) is 0 Å². The first kappa shape index (κ1) is 21.0. The minimum Gasteiger partial charge on any atom is -0.480 e. The van der Waals surface area contributed by atoms with Crippen LogP contribution in [0.15, 0.2) is 24.4 Å². The Labute approximate surface area is 187 Å². The van der Waals surface area contributed by atoms with Crippen molar-refractivity contribution in [1.29, 1.82) is 0 Å². The maximum atomic E-state index is 13.0. The molecule has 170 valence electrons. The average Bonchev–Trinajstić information content (AvgIpc) is 3.44. The fourth-order valence-corrected chi connectivity index (χ4v) is 6.23. The Morgan fingerprint density at radius 2 is 2.03 bits per heavy atom. The zero-order valence-corrected chi connectivity index (χ0v) is 18.6. The largest absolute Gasteiger partial charge is 0.480 e. The van der Waals surface area contributed by atoms with Crippen molar-refractivity contribution in [2.24, 2.45) is 23.2 Å². The lowest BCUT2D eigenvalue weighted by molar-refractivity contribution is -0.141. The molecule has 2 aromatic rings. The number of carboxylic acid groups (broad SMARTS) is 1. The van der Waals surface area contributed by atoms with Crippen molar-refractivity contribution >= 4 is 23.4 Å². The predicted octanol–water partition coefficient (Wildman–Crippen LogP) is 2.83. The second kappa shape index (κ2) is 7.60. The van der Waals surface area contributed by atoms with E-state index in [-0.39, 0.29) is 11.6 Å². The average molecular weight is 439 g/mol. The second-order valence-corrected chi connectivity index (χ2v) is 10.2. The van der Waals surface area contributed by atoms with Gasteiger partial charge < -0.3 is 15.3 Å². The van der Waals surface area contributed by atoms with E-state index in [0.717, 1.165) is 12.3 Å². The predicted molar refractivity (Wildman–Crippen MR) is 117 cm³/mol. The summed E-state index contributed by atoms with van der Waals surface area (Å²) < 4.78 is 1.62. The number of carbonyl (C=O) groups is 3. The van der Waals surface area contributed by atoms with E-state index in [1.165, 1.54) is 17.7 Å². The van der Waals surface area contributed by atoms with Crippen molar-refractivity contribution in [3.05, 3.63) is 35.8 Å². The van der Waals surface area contributed by atoms with Gasteiger partial charge in [-0.3, -0.25) is 14.0 Å². The summed E-state index contributed by atoms with van der Waals surface area (Å²) >= 11 is 0. The summed E-state index contributed by atoms with van der Waals surface area (Å²) in [4.78, 5) is 43.2. The first-order valence-corrected chi connectivity index (χ1v) is 11.6. The highest BCUT2D eigenvalue weighted by molar-refractivity contribution is 5.97. The van der Waals surface area contributed by atoms with Crippen molar-refractivity contribution in [3.63, 3.8) is 0 Å². The van der Waals surface area contributed by atoms with Gasteiger partial charge in [-0.05, 0) is 67.4 Å². The summed E-state index contributed by atoms with van der Waals surface area (Å²) in [5, 5.41) is 12.5. The lowest BCUT2D eigenvalue weighted by atomic mass is 9.45. The molecule has 2 N–H and O–H groups in total. The molecule has 4 aliphatic rings. The Hall–Kier alpha value is -2.90. The van der Waals surface area contributed by atoms with Crippen molar-refractivity contribution in [2.45, 2.75) is 52.0 Å². The van der Waals surface area contributed by atoms with Crippen molar-refractivity contribution in [3.8, 4) is 0 Å². The van der Waals surface area contributed by atoms with Crippen LogP contribution in [0.3, 0.4) is 0 Å². The van der Waals surface area contributed by atoms with E-state index in [4.69, 9.17) is 0 Å². The van der Waals surface area contributed by atoms with Gasteiger partial charge in [0.25, 0.3) is 11.8 Å². The summed E-state index contributed by atoms with van der Waals surface area (Å²) in [6, 6.07) is 4.39. The van der Waals surface area contributed by atoms with Crippen LogP contribution in [-0.2, 0) is 4.79 Å². The normalized spacial score (nSPS) is 28.4. The summed E-state index contributed by atoms with van der Waals surface area (Å²) in [6.07, 6.45) is 6.31. The molecule has 2 amide bonds. The molecule has 0 spiro atoms. The Kier molecular flexibility index (Phi) is 4.98. The molecule has 2 bridgehead atoms. The third-order valence-electron chi connectivity index (χ3n) is 8.27. The number of nitrogens with zero attached hydrogens (tertiary/aromatic N) is 3. The van der Waals surface area contributed by atoms with Gasteiger partial charge >= 0.3 is 5.97 Å². The molecular formula is C24H30N4O4. The number of hydrogen-bond donors (Lipinski definition) is 2. The standard InChI is InChI=1S/C24H30N4O4/c1-24(2)15-9-8-14(16(24)11-15)12-25-21(29)18-5-3-7-20-26-17(13-28(18)20)22(30)27-10-4-6-19(27)23(31)32/h3,5,7,13-16,19H,4,6,8-12H2,1-2H3,(H,25,29)(H,31,32)/t14-,15-,16-,19-/m0/s1. The van der Waals surface area contributed by atoms with Crippen LogP contribution in [0.2, 0.25) is 0 Å². The number of pyridine rings is 1. The van der Waals surface area contributed by atoms with Crippen LogP contribution < -0.4 is 5.32 Å². The van der Waals surface area contributed by atoms with Gasteiger partial charge in [-0.25, -0.2) is 9.78 Å². The van der Waals surface area contributed by atoms with Gasteiger partial charge in [0, 0.05) is 19.3 Å². The van der Waals surface area contributed by atoms with Gasteiger partial charge in [-0.2, -0.15) is 0 Å². The minimum atomic E-state index is -0.997. The smallest absolute Gasteiger partial charge is 0.326 e. The zero-order chi connectivity index (χ0) is 22.6. The fourth-order valence-electron chi connectivity index (χ4n) is 6.23. The molecule has 4 fully saturated rings. The lowest BCUT2D eigenvalue weighted by Gasteiger charge is -2.60. The number of aromatic nitrogens is 2. The monoisotopic (exact) mass is 438 g/mol. The van der Waals surface area contributed by atoms with E-state index in [0.29, 0.717) is 54.5 Å². The minimum absolute atomic E-state index is 0.160. The maximum Gasteiger partial charge on any atom is 0.326 e. The number of nitrogens with one attached hydrogen (secondary N) is 1. The van der Waals surface area contributed by atoms with Crippen LogP contribution in [0.25, 0.3) is 5.65 Å². The quantitative estimate of drug-likeness (QED) is 0.747. The van der Waals surface area contributed by atoms with Gasteiger partial charge in [0.05, 0.1) is 0 Å². The van der Waals surface area contributed by atoms with Crippen LogP contribution >= 0.6 is 0 Å². The number of hydrogen-bond acceptors (Lipinski definition) is 4. The van der Waals surface area contributed by atoms with Crippen LogP contribution in [0.5, 0.6) is 0 Å². The molecule has 3 saturated carbocycles. The third-order valence-corrected chi connectivity index (χ3v) is 8.27. The van der Waals surface area contributed by atoms with Crippen molar-refractivity contribution < 1.29 is 19.5 Å². The molecular weight excluding hydrogens is 408 g/mol. The molecule has 8 nitrogen and oxygen atoms in total. The van der Waals surface area contributed by atoms with E-state index in [1.807, 2.05) is 0 Å². The van der Waals surface area contributed by atoms with Crippen molar-refractivity contribution in [2.75, 3.05) is 13.1 Å². The maximum absolute atomic E-state index is 13.0. The molecule has 3 aliphatic carbocycles. The Bertz CT molecular complexity index is 1090. The molecule has 4 atom stereocenters. The van der Waals surface area contributed by atoms with Gasteiger partial charge in [0.15, 0.2) is 0 Å². The van der Waals surface area contributed by atoms with E-state index < -0.39 is 17.9 Å². The van der Waals surface area contributed by atoms with E-state index >= 15 is 0 Å². The zero-order valence-electron chi connectivity index (χ0n) is 18.6. The third kappa shape index (κ3) is 3.27. The molecule has 0 radical (unpaired) electrons. The lowest BCUT2D eigenvalue weighted by Crippen LogP contribution is -2.54.